The van der Waals surface area contributed by atoms with Crippen LogP contribution in [0.2, 0.25) is 0 Å². The van der Waals surface area contributed by atoms with Crippen molar-refractivity contribution in [1.29, 1.82) is 0 Å². The third-order valence-corrected chi connectivity index (χ3v) is 5.11. The molecule has 0 heterocycles. The van der Waals surface area contributed by atoms with E-state index in [1.165, 1.54) is 5.56 Å². The standard InChI is InChI=1S/C27H29NO3/c1-18-9-15-24(16-10-18)31-19(2)26(30)28-23-8-6-7-21(17-23)25(29)20-11-13-22(14-12-20)27(3,4)5/h6-17,19H,1-5H3,(H,28,30). The predicted molar refractivity (Wildman–Crippen MR) is 125 cm³/mol. The smallest absolute Gasteiger partial charge is 0.265 e. The Morgan fingerprint density at radius 2 is 1.52 bits per heavy atom. The molecule has 3 rings (SSSR count). The van der Waals surface area contributed by atoms with Crippen molar-refractivity contribution in [2.75, 3.05) is 5.32 Å². The summed E-state index contributed by atoms with van der Waals surface area (Å²) in [6.45, 7) is 10.1. The van der Waals surface area contributed by atoms with Crippen LogP contribution in [0.1, 0.15) is 54.7 Å². The normalized spacial score (nSPS) is 12.2. The Hall–Kier alpha value is -3.40. The molecule has 3 aromatic rings. The van der Waals surface area contributed by atoms with Crippen molar-refractivity contribution in [3.8, 4) is 5.75 Å². The first-order chi connectivity index (χ1) is 14.6. The van der Waals surface area contributed by atoms with E-state index in [9.17, 15) is 9.59 Å². The summed E-state index contributed by atoms with van der Waals surface area (Å²) in [5, 5.41) is 2.83. The number of rotatable bonds is 6. The number of nitrogens with one attached hydrogen (secondary N) is 1. The van der Waals surface area contributed by atoms with Gasteiger partial charge in [-0.05, 0) is 49.1 Å². The average molecular weight is 416 g/mol. The minimum absolute atomic E-state index is 0.0309. The highest BCUT2D eigenvalue weighted by Gasteiger charge is 2.17. The molecule has 0 aromatic heterocycles. The average Bonchev–Trinajstić information content (AvgIpc) is 2.74. The lowest BCUT2D eigenvalue weighted by atomic mass is 9.86. The van der Waals surface area contributed by atoms with Gasteiger partial charge in [-0.2, -0.15) is 0 Å². The number of amides is 1. The van der Waals surface area contributed by atoms with Gasteiger partial charge in [-0.1, -0.05) is 74.9 Å². The Labute approximate surface area is 184 Å². The molecule has 3 aromatic carbocycles. The van der Waals surface area contributed by atoms with E-state index >= 15 is 0 Å². The Balaban J connectivity index is 1.68. The van der Waals surface area contributed by atoms with Crippen LogP contribution in [-0.2, 0) is 10.2 Å². The van der Waals surface area contributed by atoms with Crippen LogP contribution in [0, 0.1) is 6.92 Å². The fraction of sp³-hybridized carbons (Fsp3) is 0.259. The van der Waals surface area contributed by atoms with Crippen LogP contribution in [0.5, 0.6) is 5.75 Å². The van der Waals surface area contributed by atoms with Gasteiger partial charge in [0.05, 0.1) is 0 Å². The molecule has 1 amide bonds. The van der Waals surface area contributed by atoms with Crippen LogP contribution >= 0.6 is 0 Å². The number of carbonyl (C=O) groups is 2. The molecule has 4 heteroatoms. The predicted octanol–water partition coefficient (Wildman–Crippen LogP) is 5.93. The fourth-order valence-corrected chi connectivity index (χ4v) is 3.14. The maximum atomic E-state index is 12.9. The first kappa shape index (κ1) is 22.3. The molecule has 0 saturated heterocycles. The van der Waals surface area contributed by atoms with Gasteiger partial charge < -0.3 is 10.1 Å². The van der Waals surface area contributed by atoms with E-state index in [1.54, 1.807) is 31.2 Å². The summed E-state index contributed by atoms with van der Waals surface area (Å²) in [5.41, 5.74) is 4.03. The zero-order chi connectivity index (χ0) is 22.6. The molecule has 0 bridgehead atoms. The lowest BCUT2D eigenvalue weighted by Crippen LogP contribution is -2.30. The highest BCUT2D eigenvalue weighted by Crippen LogP contribution is 2.23. The first-order valence-electron chi connectivity index (χ1n) is 10.4. The number of hydrogen-bond donors (Lipinski definition) is 1. The number of hydrogen-bond acceptors (Lipinski definition) is 3. The van der Waals surface area contributed by atoms with E-state index in [0.717, 1.165) is 5.56 Å². The van der Waals surface area contributed by atoms with Crippen LogP contribution in [0.25, 0.3) is 0 Å². The molecule has 1 N–H and O–H groups in total. The van der Waals surface area contributed by atoms with Crippen LogP contribution < -0.4 is 10.1 Å². The summed E-state index contributed by atoms with van der Waals surface area (Å²) in [4.78, 5) is 25.5. The van der Waals surface area contributed by atoms with E-state index in [0.29, 0.717) is 22.6 Å². The van der Waals surface area contributed by atoms with Crippen molar-refractivity contribution >= 4 is 17.4 Å². The van der Waals surface area contributed by atoms with E-state index in [4.69, 9.17) is 4.74 Å². The fourth-order valence-electron chi connectivity index (χ4n) is 3.14. The van der Waals surface area contributed by atoms with Crippen molar-refractivity contribution < 1.29 is 14.3 Å². The van der Waals surface area contributed by atoms with Gasteiger partial charge in [0.1, 0.15) is 5.75 Å². The molecule has 0 saturated carbocycles. The second-order valence-electron chi connectivity index (χ2n) is 8.80. The molecule has 1 atom stereocenters. The molecule has 0 aliphatic carbocycles. The van der Waals surface area contributed by atoms with E-state index in [-0.39, 0.29) is 17.1 Å². The highest BCUT2D eigenvalue weighted by molar-refractivity contribution is 6.09. The molecular formula is C27H29NO3. The third-order valence-electron chi connectivity index (χ3n) is 5.11. The van der Waals surface area contributed by atoms with Crippen LogP contribution in [0.15, 0.2) is 72.8 Å². The Morgan fingerprint density at radius 1 is 0.871 bits per heavy atom. The van der Waals surface area contributed by atoms with Gasteiger partial charge >= 0.3 is 0 Å². The lowest BCUT2D eigenvalue weighted by molar-refractivity contribution is -0.122. The van der Waals surface area contributed by atoms with Gasteiger partial charge in [0.2, 0.25) is 0 Å². The Morgan fingerprint density at radius 3 is 2.13 bits per heavy atom. The van der Waals surface area contributed by atoms with Crippen molar-refractivity contribution in [3.05, 3.63) is 95.1 Å². The van der Waals surface area contributed by atoms with Crippen molar-refractivity contribution in [2.24, 2.45) is 0 Å². The van der Waals surface area contributed by atoms with Gasteiger partial charge in [-0.25, -0.2) is 0 Å². The first-order valence-corrected chi connectivity index (χ1v) is 10.4. The number of carbonyl (C=O) groups excluding carboxylic acids is 2. The van der Waals surface area contributed by atoms with Gasteiger partial charge in [-0.15, -0.1) is 0 Å². The second-order valence-corrected chi connectivity index (χ2v) is 8.80. The summed E-state index contributed by atoms with van der Waals surface area (Å²) in [7, 11) is 0. The van der Waals surface area contributed by atoms with E-state index in [1.807, 2.05) is 55.5 Å². The van der Waals surface area contributed by atoms with Crippen molar-refractivity contribution in [1.82, 2.24) is 0 Å². The molecule has 0 fully saturated rings. The number of aryl methyl sites for hydroxylation is 1. The number of ketones is 1. The topological polar surface area (TPSA) is 55.4 Å². The second kappa shape index (κ2) is 9.17. The number of anilines is 1. The molecule has 0 aliphatic heterocycles. The minimum atomic E-state index is -0.674. The minimum Gasteiger partial charge on any atom is -0.481 e. The molecule has 0 spiro atoms. The third kappa shape index (κ3) is 5.82. The summed E-state index contributed by atoms with van der Waals surface area (Å²) in [6.07, 6.45) is -0.674. The summed E-state index contributed by atoms with van der Waals surface area (Å²) >= 11 is 0. The summed E-state index contributed by atoms with van der Waals surface area (Å²) < 4.78 is 5.71. The largest absolute Gasteiger partial charge is 0.481 e. The van der Waals surface area contributed by atoms with Gasteiger partial charge in [0, 0.05) is 16.8 Å². The van der Waals surface area contributed by atoms with Gasteiger partial charge in [-0.3, -0.25) is 9.59 Å². The van der Waals surface area contributed by atoms with Gasteiger partial charge in [0.25, 0.3) is 5.91 Å². The summed E-state index contributed by atoms with van der Waals surface area (Å²) in [6, 6.07) is 22.2. The monoisotopic (exact) mass is 415 g/mol. The molecule has 0 aliphatic rings. The number of benzene rings is 3. The number of ether oxygens (including phenoxy) is 1. The van der Waals surface area contributed by atoms with Gasteiger partial charge in [0.15, 0.2) is 11.9 Å². The van der Waals surface area contributed by atoms with Crippen LogP contribution in [0.4, 0.5) is 5.69 Å². The van der Waals surface area contributed by atoms with E-state index in [2.05, 4.69) is 26.1 Å². The summed E-state index contributed by atoms with van der Waals surface area (Å²) in [5.74, 6) is 0.274. The quantitative estimate of drug-likeness (QED) is 0.508. The zero-order valence-corrected chi connectivity index (χ0v) is 18.7. The molecule has 0 radical (unpaired) electrons. The maximum Gasteiger partial charge on any atom is 0.265 e. The molecular weight excluding hydrogens is 386 g/mol. The molecule has 160 valence electrons. The maximum absolute atomic E-state index is 12.9. The van der Waals surface area contributed by atoms with E-state index < -0.39 is 6.10 Å². The zero-order valence-electron chi connectivity index (χ0n) is 18.7. The Bertz CT molecular complexity index is 1060. The lowest BCUT2D eigenvalue weighted by Gasteiger charge is -2.19. The van der Waals surface area contributed by atoms with Crippen molar-refractivity contribution in [3.63, 3.8) is 0 Å². The molecule has 1 unspecified atom stereocenters. The highest BCUT2D eigenvalue weighted by atomic mass is 16.5. The van der Waals surface area contributed by atoms with Crippen LogP contribution in [0.3, 0.4) is 0 Å². The SMILES string of the molecule is Cc1ccc(OC(C)C(=O)Nc2cccc(C(=O)c3ccc(C(C)(C)C)cc3)c2)cc1. The van der Waals surface area contributed by atoms with Crippen LogP contribution in [-0.4, -0.2) is 17.8 Å². The molecule has 4 nitrogen and oxygen atoms in total. The molecule has 31 heavy (non-hydrogen) atoms. The Kier molecular flexibility index (Phi) is 6.59. The van der Waals surface area contributed by atoms with Crippen molar-refractivity contribution in [2.45, 2.75) is 46.1 Å².